The highest BCUT2D eigenvalue weighted by molar-refractivity contribution is 7.14. The molecule has 0 bridgehead atoms. The lowest BCUT2D eigenvalue weighted by atomic mass is 10.2. The molecule has 90 valence electrons. The first-order valence-corrected chi connectivity index (χ1v) is 6.87. The molecular weight excluding hydrogens is 218 g/mol. The fraction of sp³-hybridized carbons (Fsp3) is 0.615. The summed E-state index contributed by atoms with van der Waals surface area (Å²) in [5, 5.41) is 0. The molecule has 0 fully saturated rings. The number of hydrogen-bond donors (Lipinski definition) is 0. The minimum atomic E-state index is 0.264. The van der Waals surface area contributed by atoms with E-state index >= 15 is 0 Å². The first-order valence-electron chi connectivity index (χ1n) is 6.05. The van der Waals surface area contributed by atoms with Gasteiger partial charge >= 0.3 is 0 Å². The van der Waals surface area contributed by atoms with Crippen LogP contribution >= 0.6 is 11.3 Å². The largest absolute Gasteiger partial charge is 0.296 e. The minimum absolute atomic E-state index is 0.264. The Kier molecular flexibility index (Phi) is 5.71. The van der Waals surface area contributed by atoms with Gasteiger partial charge in [-0.05, 0) is 38.1 Å². The van der Waals surface area contributed by atoms with Crippen molar-refractivity contribution in [1.82, 2.24) is 4.90 Å². The number of likely N-dealkylation sites (N-methyl/N-ethyl adjacent to an activating group) is 1. The van der Waals surface area contributed by atoms with E-state index in [2.05, 4.69) is 31.7 Å². The number of carbonyl (C=O) groups is 1. The fourth-order valence-electron chi connectivity index (χ4n) is 1.66. The number of carbonyl (C=O) groups excluding carboxylic acids is 1. The molecule has 1 rings (SSSR count). The summed E-state index contributed by atoms with van der Waals surface area (Å²) in [5.74, 6) is 0.264. The first-order chi connectivity index (χ1) is 7.71. The highest BCUT2D eigenvalue weighted by Gasteiger charge is 2.12. The van der Waals surface area contributed by atoms with E-state index < -0.39 is 0 Å². The van der Waals surface area contributed by atoms with Crippen LogP contribution in [0.5, 0.6) is 0 Å². The first kappa shape index (κ1) is 13.4. The van der Waals surface area contributed by atoms with E-state index in [4.69, 9.17) is 0 Å². The van der Waals surface area contributed by atoms with E-state index in [9.17, 15) is 4.79 Å². The monoisotopic (exact) mass is 239 g/mol. The third kappa shape index (κ3) is 3.72. The van der Waals surface area contributed by atoms with E-state index in [0.29, 0.717) is 6.54 Å². The third-order valence-electron chi connectivity index (χ3n) is 2.64. The molecule has 0 unspecified atom stereocenters. The number of ketones is 1. The lowest BCUT2D eigenvalue weighted by Gasteiger charge is -2.17. The van der Waals surface area contributed by atoms with Gasteiger partial charge in [0.2, 0.25) is 0 Å². The van der Waals surface area contributed by atoms with Crippen LogP contribution in [0.1, 0.15) is 41.7 Å². The molecular formula is C13H21NOS. The van der Waals surface area contributed by atoms with Gasteiger partial charge in [0.1, 0.15) is 0 Å². The molecule has 0 aromatic carbocycles. The van der Waals surface area contributed by atoms with Crippen LogP contribution in [0.2, 0.25) is 0 Å². The van der Waals surface area contributed by atoms with Crippen molar-refractivity contribution in [3.8, 4) is 0 Å². The molecule has 0 N–H and O–H groups in total. The zero-order valence-electron chi connectivity index (χ0n) is 10.5. The van der Waals surface area contributed by atoms with Gasteiger partial charge in [-0.25, -0.2) is 0 Å². The number of aryl methyl sites for hydroxylation is 1. The Morgan fingerprint density at radius 3 is 2.56 bits per heavy atom. The molecule has 3 heteroatoms. The molecule has 0 atom stereocenters. The van der Waals surface area contributed by atoms with Gasteiger partial charge in [0.25, 0.3) is 0 Å². The quantitative estimate of drug-likeness (QED) is 0.681. The van der Waals surface area contributed by atoms with Crippen LogP contribution in [0.15, 0.2) is 12.1 Å². The predicted molar refractivity (Wildman–Crippen MR) is 70.4 cm³/mol. The minimum Gasteiger partial charge on any atom is -0.296 e. The predicted octanol–water partition coefficient (Wildman–Crippen LogP) is 3.23. The Morgan fingerprint density at radius 2 is 2.06 bits per heavy atom. The van der Waals surface area contributed by atoms with Crippen LogP contribution in [-0.4, -0.2) is 30.3 Å². The summed E-state index contributed by atoms with van der Waals surface area (Å²) < 4.78 is 0. The molecule has 16 heavy (non-hydrogen) atoms. The summed E-state index contributed by atoms with van der Waals surface area (Å²) in [4.78, 5) is 16.4. The van der Waals surface area contributed by atoms with E-state index in [1.54, 1.807) is 11.3 Å². The molecule has 1 aromatic heterocycles. The summed E-state index contributed by atoms with van der Waals surface area (Å²) in [7, 11) is 0. The molecule has 0 amide bonds. The van der Waals surface area contributed by atoms with Crippen molar-refractivity contribution in [2.24, 2.45) is 0 Å². The van der Waals surface area contributed by atoms with Gasteiger partial charge in [-0.2, -0.15) is 0 Å². The van der Waals surface area contributed by atoms with Gasteiger partial charge in [-0.1, -0.05) is 20.8 Å². The number of nitrogens with zero attached hydrogens (tertiary/aromatic N) is 1. The molecule has 0 saturated heterocycles. The Hall–Kier alpha value is -0.670. The van der Waals surface area contributed by atoms with Gasteiger partial charge in [-0.3, -0.25) is 9.69 Å². The van der Waals surface area contributed by atoms with Crippen molar-refractivity contribution in [2.45, 2.75) is 33.6 Å². The average Bonchev–Trinajstić information content (AvgIpc) is 2.76. The molecule has 0 aliphatic heterocycles. The molecule has 1 heterocycles. The zero-order valence-corrected chi connectivity index (χ0v) is 11.3. The summed E-state index contributed by atoms with van der Waals surface area (Å²) in [6.45, 7) is 8.89. The topological polar surface area (TPSA) is 20.3 Å². The average molecular weight is 239 g/mol. The van der Waals surface area contributed by atoms with Gasteiger partial charge < -0.3 is 0 Å². The highest BCUT2D eigenvalue weighted by Crippen LogP contribution is 2.17. The molecule has 0 spiro atoms. The molecule has 0 saturated carbocycles. The van der Waals surface area contributed by atoms with E-state index in [-0.39, 0.29) is 5.78 Å². The second kappa shape index (κ2) is 6.81. The smallest absolute Gasteiger partial charge is 0.186 e. The maximum absolute atomic E-state index is 12.0. The van der Waals surface area contributed by atoms with Gasteiger partial charge in [0.05, 0.1) is 11.4 Å². The summed E-state index contributed by atoms with van der Waals surface area (Å²) in [6.07, 6.45) is 2.12. The molecule has 0 radical (unpaired) electrons. The molecule has 0 aliphatic carbocycles. The van der Waals surface area contributed by atoms with E-state index in [1.165, 1.54) is 4.88 Å². The Bertz CT molecular complexity index is 332. The van der Waals surface area contributed by atoms with Crippen molar-refractivity contribution in [3.05, 3.63) is 21.9 Å². The van der Waals surface area contributed by atoms with Gasteiger partial charge in [0, 0.05) is 4.88 Å². The lowest BCUT2D eigenvalue weighted by Crippen LogP contribution is -2.30. The van der Waals surface area contributed by atoms with Crippen molar-refractivity contribution in [2.75, 3.05) is 19.6 Å². The van der Waals surface area contributed by atoms with E-state index in [0.717, 1.165) is 30.8 Å². The number of rotatable bonds is 7. The van der Waals surface area contributed by atoms with Crippen LogP contribution in [0.3, 0.4) is 0 Å². The van der Waals surface area contributed by atoms with E-state index in [1.807, 2.05) is 6.07 Å². The molecule has 0 aliphatic rings. The van der Waals surface area contributed by atoms with Crippen molar-refractivity contribution >= 4 is 17.1 Å². The second-order valence-electron chi connectivity index (χ2n) is 3.91. The normalized spacial score (nSPS) is 11.0. The maximum atomic E-state index is 12.0. The summed E-state index contributed by atoms with van der Waals surface area (Å²) >= 11 is 1.64. The maximum Gasteiger partial charge on any atom is 0.186 e. The van der Waals surface area contributed by atoms with Crippen molar-refractivity contribution in [1.29, 1.82) is 0 Å². The molecule has 2 nitrogen and oxygen atoms in total. The van der Waals surface area contributed by atoms with Crippen LogP contribution in [0.25, 0.3) is 0 Å². The van der Waals surface area contributed by atoms with Crippen molar-refractivity contribution < 1.29 is 4.79 Å². The summed E-state index contributed by atoms with van der Waals surface area (Å²) in [6, 6.07) is 4.03. The Balaban J connectivity index is 2.56. The van der Waals surface area contributed by atoms with Crippen LogP contribution < -0.4 is 0 Å². The molecule has 1 aromatic rings. The number of thiophene rings is 1. The van der Waals surface area contributed by atoms with Crippen LogP contribution in [0.4, 0.5) is 0 Å². The Labute approximate surface area is 102 Å². The number of Topliss-reactive ketones (excluding diaryl/α,β-unsaturated/α-hetero) is 1. The fourth-order valence-corrected chi connectivity index (χ4v) is 2.54. The standard InChI is InChI=1S/C13H21NOS/c1-4-9-14(6-3)10-12(15)13-8-7-11(5-2)16-13/h7-8H,4-6,9-10H2,1-3H3. The van der Waals surface area contributed by atoms with Crippen LogP contribution in [0, 0.1) is 0 Å². The SMILES string of the molecule is CCCN(CC)CC(=O)c1ccc(CC)s1. The number of hydrogen-bond acceptors (Lipinski definition) is 3. The zero-order chi connectivity index (χ0) is 12.0. The highest BCUT2D eigenvalue weighted by atomic mass is 32.1. The lowest BCUT2D eigenvalue weighted by molar-refractivity contribution is 0.0938. The second-order valence-corrected chi connectivity index (χ2v) is 5.08. The van der Waals surface area contributed by atoms with Crippen LogP contribution in [-0.2, 0) is 6.42 Å². The third-order valence-corrected chi connectivity index (χ3v) is 3.91. The van der Waals surface area contributed by atoms with Gasteiger partial charge in [0.15, 0.2) is 5.78 Å². The van der Waals surface area contributed by atoms with Gasteiger partial charge in [-0.15, -0.1) is 11.3 Å². The van der Waals surface area contributed by atoms with Crippen molar-refractivity contribution in [3.63, 3.8) is 0 Å². The Morgan fingerprint density at radius 1 is 1.31 bits per heavy atom. The summed E-state index contributed by atoms with van der Waals surface area (Å²) in [5.41, 5.74) is 0.